The highest BCUT2D eigenvalue weighted by Gasteiger charge is 2.23. The van der Waals surface area contributed by atoms with Crippen molar-refractivity contribution in [2.24, 2.45) is 0 Å². The average Bonchev–Trinajstić information content (AvgIpc) is 2.67. The first-order valence-electron chi connectivity index (χ1n) is 8.94. The van der Waals surface area contributed by atoms with E-state index in [4.69, 9.17) is 11.6 Å². The Labute approximate surface area is 176 Å². The van der Waals surface area contributed by atoms with Gasteiger partial charge in [0.05, 0.1) is 9.92 Å². The Kier molecular flexibility index (Phi) is 6.49. The van der Waals surface area contributed by atoms with E-state index in [2.05, 4.69) is 26.6 Å². The zero-order chi connectivity index (χ0) is 21.2. The molecule has 1 N–H and O–H groups in total. The highest BCUT2D eigenvalue weighted by Crippen LogP contribution is 2.26. The number of nitrogens with zero attached hydrogens (tertiary/aromatic N) is 3. The van der Waals surface area contributed by atoms with E-state index < -0.39 is 19.9 Å². The van der Waals surface area contributed by atoms with E-state index >= 15 is 0 Å². The van der Waals surface area contributed by atoms with Crippen molar-refractivity contribution in [2.45, 2.75) is 16.3 Å². The first-order chi connectivity index (χ1) is 13.6. The fraction of sp³-hybridized carbons (Fsp3) is 0.389. The third-order valence-corrected chi connectivity index (χ3v) is 7.74. The number of rotatable bonds is 6. The van der Waals surface area contributed by atoms with Crippen molar-refractivity contribution in [1.29, 1.82) is 0 Å². The van der Waals surface area contributed by atoms with E-state index in [0.29, 0.717) is 0 Å². The summed E-state index contributed by atoms with van der Waals surface area (Å²) in [6, 6.07) is 7.19. The van der Waals surface area contributed by atoms with Gasteiger partial charge < -0.3 is 9.80 Å². The van der Waals surface area contributed by atoms with Crippen LogP contribution in [0.3, 0.4) is 0 Å². The smallest absolute Gasteiger partial charge is 0.242 e. The van der Waals surface area contributed by atoms with Crippen LogP contribution in [-0.2, 0) is 26.4 Å². The zero-order valence-corrected chi connectivity index (χ0v) is 18.6. The molecular weight excluding hydrogens is 436 g/mol. The van der Waals surface area contributed by atoms with Gasteiger partial charge in [0, 0.05) is 50.7 Å². The molecule has 1 saturated heterocycles. The summed E-state index contributed by atoms with van der Waals surface area (Å²) in [6.45, 7) is 3.41. The van der Waals surface area contributed by atoms with E-state index in [1.807, 2.05) is 6.07 Å². The van der Waals surface area contributed by atoms with Gasteiger partial charge in [-0.25, -0.2) is 26.5 Å². The number of hydrogen-bond acceptors (Lipinski definition) is 7. The number of anilines is 1. The molecule has 0 unspecified atom stereocenters. The number of piperazine rings is 1. The zero-order valence-electron chi connectivity index (χ0n) is 16.2. The minimum absolute atomic E-state index is 0.0112. The summed E-state index contributed by atoms with van der Waals surface area (Å²) in [6.07, 6.45) is 2.69. The van der Waals surface area contributed by atoms with Gasteiger partial charge in [0.1, 0.15) is 10.7 Å². The maximum Gasteiger partial charge on any atom is 0.242 e. The van der Waals surface area contributed by atoms with Gasteiger partial charge in [0.15, 0.2) is 9.84 Å². The second-order valence-electron chi connectivity index (χ2n) is 6.97. The Balaban J connectivity index is 1.83. The largest absolute Gasteiger partial charge is 0.354 e. The molecule has 0 atom stereocenters. The fourth-order valence-electron chi connectivity index (χ4n) is 3.04. The van der Waals surface area contributed by atoms with Crippen LogP contribution in [0, 0.1) is 0 Å². The van der Waals surface area contributed by atoms with Crippen molar-refractivity contribution in [3.8, 4) is 0 Å². The summed E-state index contributed by atoms with van der Waals surface area (Å²) in [5, 5.41) is -0.0459. The van der Waals surface area contributed by atoms with Crippen LogP contribution < -0.4 is 9.62 Å². The molecule has 29 heavy (non-hydrogen) atoms. The van der Waals surface area contributed by atoms with Crippen LogP contribution in [0.25, 0.3) is 0 Å². The van der Waals surface area contributed by atoms with Crippen molar-refractivity contribution in [3.63, 3.8) is 0 Å². The van der Waals surface area contributed by atoms with Gasteiger partial charge in [0.25, 0.3) is 0 Å². The normalized spacial score (nSPS) is 16.2. The van der Waals surface area contributed by atoms with E-state index in [-0.39, 0.29) is 21.4 Å². The molecule has 8 nitrogen and oxygen atoms in total. The molecular formula is C18H23ClN4O4S2. The molecule has 158 valence electrons. The highest BCUT2D eigenvalue weighted by molar-refractivity contribution is 7.91. The average molecular weight is 459 g/mol. The standard InChI is InChI=1S/C18H23ClN4O4S2/c1-22-8-10-23(11-9-22)18-14(4-3-7-20-18)13-21-29(26,27)17-12-15(28(2,24)25)5-6-16(17)19/h3-7,12,21H,8-11,13H2,1-2H3. The number of benzene rings is 1. The molecule has 1 aliphatic heterocycles. The quantitative estimate of drug-likeness (QED) is 0.697. The predicted molar refractivity (Wildman–Crippen MR) is 113 cm³/mol. The first kappa shape index (κ1) is 22.0. The number of nitrogens with one attached hydrogen (secondary N) is 1. The van der Waals surface area contributed by atoms with E-state index in [9.17, 15) is 16.8 Å². The number of likely N-dealkylation sites (N-methyl/N-ethyl adjacent to an activating group) is 1. The van der Waals surface area contributed by atoms with Crippen LogP contribution in [0.15, 0.2) is 46.3 Å². The molecule has 0 spiro atoms. The van der Waals surface area contributed by atoms with Crippen molar-refractivity contribution < 1.29 is 16.8 Å². The third-order valence-electron chi connectivity index (χ3n) is 4.74. The topological polar surface area (TPSA) is 99.7 Å². The van der Waals surface area contributed by atoms with Crippen molar-refractivity contribution in [2.75, 3.05) is 44.4 Å². The molecule has 2 aromatic rings. The van der Waals surface area contributed by atoms with Crippen LogP contribution in [0.5, 0.6) is 0 Å². The molecule has 2 heterocycles. The Hall–Kier alpha value is -1.72. The van der Waals surface area contributed by atoms with Gasteiger partial charge >= 0.3 is 0 Å². The maximum absolute atomic E-state index is 12.8. The van der Waals surface area contributed by atoms with Gasteiger partial charge in [-0.1, -0.05) is 17.7 Å². The first-order valence-corrected chi connectivity index (χ1v) is 12.7. The molecule has 3 rings (SSSR count). The van der Waals surface area contributed by atoms with Crippen molar-refractivity contribution >= 4 is 37.3 Å². The second kappa shape index (κ2) is 8.57. The summed E-state index contributed by atoms with van der Waals surface area (Å²) in [5.74, 6) is 0.735. The van der Waals surface area contributed by atoms with Crippen LogP contribution >= 0.6 is 11.6 Å². The minimum atomic E-state index is -4.03. The van der Waals surface area contributed by atoms with Gasteiger partial charge in [-0.2, -0.15) is 0 Å². The lowest BCUT2D eigenvalue weighted by atomic mass is 10.2. The molecule has 0 amide bonds. The van der Waals surface area contributed by atoms with Crippen molar-refractivity contribution in [3.05, 3.63) is 47.1 Å². The fourth-order valence-corrected chi connectivity index (χ4v) is 5.29. The molecule has 0 aliphatic carbocycles. The van der Waals surface area contributed by atoms with Crippen LogP contribution in [0.4, 0.5) is 5.82 Å². The molecule has 0 saturated carbocycles. The summed E-state index contributed by atoms with van der Waals surface area (Å²) in [4.78, 5) is 8.40. The van der Waals surface area contributed by atoms with E-state index in [1.165, 1.54) is 12.1 Å². The Morgan fingerprint density at radius 2 is 1.79 bits per heavy atom. The number of pyridine rings is 1. The summed E-state index contributed by atoms with van der Waals surface area (Å²) in [7, 11) is -5.54. The molecule has 1 aromatic heterocycles. The lowest BCUT2D eigenvalue weighted by Crippen LogP contribution is -2.45. The molecule has 11 heteroatoms. The number of sulfonamides is 1. The summed E-state index contributed by atoms with van der Waals surface area (Å²) < 4.78 is 51.7. The van der Waals surface area contributed by atoms with Crippen LogP contribution in [-0.4, -0.2) is 66.2 Å². The molecule has 0 radical (unpaired) electrons. The number of halogens is 1. The second-order valence-corrected chi connectivity index (χ2v) is 11.1. The molecule has 1 fully saturated rings. The van der Waals surface area contributed by atoms with E-state index in [0.717, 1.165) is 49.9 Å². The minimum Gasteiger partial charge on any atom is -0.354 e. The summed E-state index contributed by atoms with van der Waals surface area (Å²) in [5.41, 5.74) is 0.732. The van der Waals surface area contributed by atoms with Gasteiger partial charge in [-0.05, 0) is 31.3 Å². The number of sulfone groups is 1. The third kappa shape index (κ3) is 5.26. The lowest BCUT2D eigenvalue weighted by molar-refractivity contribution is 0.312. The predicted octanol–water partition coefficient (Wildman–Crippen LogP) is 1.37. The van der Waals surface area contributed by atoms with E-state index in [1.54, 1.807) is 12.3 Å². The number of aromatic nitrogens is 1. The Morgan fingerprint density at radius 3 is 2.45 bits per heavy atom. The number of hydrogen-bond donors (Lipinski definition) is 1. The van der Waals surface area contributed by atoms with Gasteiger partial charge in [-0.15, -0.1) is 0 Å². The van der Waals surface area contributed by atoms with Crippen LogP contribution in [0.2, 0.25) is 5.02 Å². The Bertz CT molecular complexity index is 1100. The molecule has 0 bridgehead atoms. The Morgan fingerprint density at radius 1 is 1.10 bits per heavy atom. The highest BCUT2D eigenvalue weighted by atomic mass is 35.5. The monoisotopic (exact) mass is 458 g/mol. The lowest BCUT2D eigenvalue weighted by Gasteiger charge is -2.34. The molecule has 1 aromatic carbocycles. The SMILES string of the molecule is CN1CCN(c2ncccc2CNS(=O)(=O)c2cc(S(C)(=O)=O)ccc2Cl)CC1. The van der Waals surface area contributed by atoms with Gasteiger partial charge in [0.2, 0.25) is 10.0 Å². The van der Waals surface area contributed by atoms with Crippen molar-refractivity contribution in [1.82, 2.24) is 14.6 Å². The molecule has 1 aliphatic rings. The maximum atomic E-state index is 12.8. The van der Waals surface area contributed by atoms with Crippen LogP contribution in [0.1, 0.15) is 5.56 Å². The van der Waals surface area contributed by atoms with Gasteiger partial charge in [-0.3, -0.25) is 0 Å². The summed E-state index contributed by atoms with van der Waals surface area (Å²) >= 11 is 6.04.